The minimum Gasteiger partial charge on any atom is -0.465 e. The van der Waals surface area contributed by atoms with Gasteiger partial charge in [0, 0.05) is 13.7 Å². The van der Waals surface area contributed by atoms with Crippen molar-refractivity contribution in [1.29, 1.82) is 0 Å². The molecule has 0 spiro atoms. The predicted molar refractivity (Wildman–Crippen MR) is 62.8 cm³/mol. The van der Waals surface area contributed by atoms with Gasteiger partial charge in [-0.15, -0.1) is 0 Å². The van der Waals surface area contributed by atoms with Crippen LogP contribution in [0.5, 0.6) is 0 Å². The number of amides is 1. The van der Waals surface area contributed by atoms with Crippen molar-refractivity contribution in [2.45, 2.75) is 19.8 Å². The first kappa shape index (κ1) is 14.6. The number of carbonyl (C=O) groups excluding carboxylic acids is 3. The van der Waals surface area contributed by atoms with E-state index in [1.807, 2.05) is 0 Å². The zero-order valence-corrected chi connectivity index (χ0v) is 10.8. The molecule has 1 amide bonds. The van der Waals surface area contributed by atoms with Crippen molar-refractivity contribution in [2.24, 2.45) is 5.92 Å². The number of rotatable bonds is 5. The molecule has 102 valence electrons. The molecule has 0 radical (unpaired) electrons. The van der Waals surface area contributed by atoms with Gasteiger partial charge < -0.3 is 14.4 Å². The Balaban J connectivity index is 2.48. The lowest BCUT2D eigenvalue weighted by molar-refractivity contribution is -0.156. The van der Waals surface area contributed by atoms with Crippen LogP contribution in [-0.2, 0) is 23.9 Å². The number of esters is 1. The molecule has 18 heavy (non-hydrogen) atoms. The SMILES string of the molecule is CCOC(=O)C1CCN(C(=O)CCOC)CC1=O. The normalized spacial score (nSPS) is 19.8. The first-order chi connectivity index (χ1) is 8.60. The van der Waals surface area contributed by atoms with Crippen LogP contribution in [0.1, 0.15) is 19.8 Å². The van der Waals surface area contributed by atoms with E-state index in [2.05, 4.69) is 0 Å². The fraction of sp³-hybridized carbons (Fsp3) is 0.750. The van der Waals surface area contributed by atoms with Crippen molar-refractivity contribution in [3.63, 3.8) is 0 Å². The van der Waals surface area contributed by atoms with E-state index in [4.69, 9.17) is 9.47 Å². The van der Waals surface area contributed by atoms with Crippen LogP contribution in [0.15, 0.2) is 0 Å². The first-order valence-electron chi connectivity index (χ1n) is 6.06. The predicted octanol–water partition coefficient (Wildman–Crippen LogP) is 0.00360. The number of ketones is 1. The molecular formula is C12H19NO5. The Morgan fingerprint density at radius 2 is 2.17 bits per heavy atom. The molecular weight excluding hydrogens is 238 g/mol. The Hall–Kier alpha value is -1.43. The van der Waals surface area contributed by atoms with Gasteiger partial charge in [0.05, 0.1) is 26.2 Å². The summed E-state index contributed by atoms with van der Waals surface area (Å²) < 4.78 is 9.64. The molecule has 1 fully saturated rings. The van der Waals surface area contributed by atoms with Gasteiger partial charge in [-0.2, -0.15) is 0 Å². The maximum atomic E-state index is 11.8. The summed E-state index contributed by atoms with van der Waals surface area (Å²) in [5.41, 5.74) is 0. The molecule has 1 atom stereocenters. The highest BCUT2D eigenvalue weighted by Crippen LogP contribution is 2.16. The number of methoxy groups -OCH3 is 1. The van der Waals surface area contributed by atoms with E-state index in [0.29, 0.717) is 19.6 Å². The molecule has 6 nitrogen and oxygen atoms in total. The van der Waals surface area contributed by atoms with Gasteiger partial charge in [0.1, 0.15) is 5.92 Å². The number of hydrogen-bond donors (Lipinski definition) is 0. The molecule has 0 aromatic carbocycles. The van der Waals surface area contributed by atoms with Crippen LogP contribution in [0.25, 0.3) is 0 Å². The number of hydrogen-bond acceptors (Lipinski definition) is 5. The van der Waals surface area contributed by atoms with Crippen molar-refractivity contribution in [1.82, 2.24) is 4.90 Å². The highest BCUT2D eigenvalue weighted by atomic mass is 16.5. The fourth-order valence-electron chi connectivity index (χ4n) is 1.88. The minimum absolute atomic E-state index is 0.00791. The second-order valence-corrected chi connectivity index (χ2v) is 4.12. The monoisotopic (exact) mass is 257 g/mol. The quantitative estimate of drug-likeness (QED) is 0.512. The molecule has 1 aliphatic heterocycles. The van der Waals surface area contributed by atoms with Gasteiger partial charge in [0.2, 0.25) is 5.91 Å². The van der Waals surface area contributed by atoms with Crippen LogP contribution >= 0.6 is 0 Å². The van der Waals surface area contributed by atoms with Gasteiger partial charge in [-0.05, 0) is 13.3 Å². The molecule has 1 rings (SSSR count). The number of likely N-dealkylation sites (tertiary alicyclic amines) is 1. The van der Waals surface area contributed by atoms with Crippen molar-refractivity contribution < 1.29 is 23.9 Å². The number of nitrogens with zero attached hydrogens (tertiary/aromatic N) is 1. The summed E-state index contributed by atoms with van der Waals surface area (Å²) in [5, 5.41) is 0. The molecule has 0 saturated carbocycles. The number of ether oxygens (including phenoxy) is 2. The highest BCUT2D eigenvalue weighted by molar-refractivity contribution is 6.01. The summed E-state index contributed by atoms with van der Waals surface area (Å²) in [4.78, 5) is 36.4. The van der Waals surface area contributed by atoms with Crippen molar-refractivity contribution in [3.8, 4) is 0 Å². The average molecular weight is 257 g/mol. The van der Waals surface area contributed by atoms with Crippen LogP contribution in [0.4, 0.5) is 0 Å². The van der Waals surface area contributed by atoms with E-state index in [-0.39, 0.29) is 31.3 Å². The Morgan fingerprint density at radius 1 is 1.44 bits per heavy atom. The minimum atomic E-state index is -0.712. The molecule has 0 N–H and O–H groups in total. The smallest absolute Gasteiger partial charge is 0.316 e. The molecule has 1 unspecified atom stereocenters. The maximum Gasteiger partial charge on any atom is 0.316 e. The van der Waals surface area contributed by atoms with Crippen molar-refractivity contribution in [3.05, 3.63) is 0 Å². The van der Waals surface area contributed by atoms with Crippen LogP contribution in [-0.4, -0.2) is 56.0 Å². The average Bonchev–Trinajstić information content (AvgIpc) is 2.35. The van der Waals surface area contributed by atoms with E-state index in [1.165, 1.54) is 12.0 Å². The molecule has 1 heterocycles. The summed E-state index contributed by atoms with van der Waals surface area (Å²) in [6.07, 6.45) is 0.601. The number of Topliss-reactive ketones (excluding diaryl/α,β-unsaturated/α-hetero) is 1. The van der Waals surface area contributed by atoms with Crippen molar-refractivity contribution >= 4 is 17.7 Å². The van der Waals surface area contributed by atoms with Crippen LogP contribution in [0, 0.1) is 5.92 Å². The molecule has 0 aromatic rings. The zero-order chi connectivity index (χ0) is 13.5. The zero-order valence-electron chi connectivity index (χ0n) is 10.8. The largest absolute Gasteiger partial charge is 0.465 e. The van der Waals surface area contributed by atoms with Crippen molar-refractivity contribution in [2.75, 3.05) is 33.4 Å². The lowest BCUT2D eigenvalue weighted by Crippen LogP contribution is -2.46. The lowest BCUT2D eigenvalue weighted by atomic mass is 9.95. The Bertz CT molecular complexity index is 328. The summed E-state index contributed by atoms with van der Waals surface area (Å²) in [7, 11) is 1.52. The van der Waals surface area contributed by atoms with E-state index < -0.39 is 11.9 Å². The molecule has 0 aromatic heterocycles. The van der Waals surface area contributed by atoms with Crippen LogP contribution < -0.4 is 0 Å². The topological polar surface area (TPSA) is 72.9 Å². The maximum absolute atomic E-state index is 11.8. The third kappa shape index (κ3) is 3.80. The van der Waals surface area contributed by atoms with Gasteiger partial charge in [0.25, 0.3) is 0 Å². The number of carbonyl (C=O) groups is 3. The van der Waals surface area contributed by atoms with Crippen LogP contribution in [0.3, 0.4) is 0 Å². The van der Waals surface area contributed by atoms with Gasteiger partial charge in [-0.3, -0.25) is 14.4 Å². The molecule has 0 bridgehead atoms. The lowest BCUT2D eigenvalue weighted by Gasteiger charge is -2.29. The summed E-state index contributed by atoms with van der Waals surface area (Å²) in [5.74, 6) is -1.55. The number of piperidine rings is 1. The standard InChI is InChI=1S/C12H19NO5/c1-3-18-12(16)9-4-6-13(8-10(9)14)11(15)5-7-17-2/h9H,3-8H2,1-2H3. The van der Waals surface area contributed by atoms with Gasteiger partial charge in [0.15, 0.2) is 5.78 Å². The van der Waals surface area contributed by atoms with E-state index in [0.717, 1.165) is 0 Å². The highest BCUT2D eigenvalue weighted by Gasteiger charge is 2.34. The van der Waals surface area contributed by atoms with Crippen LogP contribution in [0.2, 0.25) is 0 Å². The Labute approximate surface area is 106 Å². The molecule has 0 aliphatic carbocycles. The van der Waals surface area contributed by atoms with E-state index in [9.17, 15) is 14.4 Å². The van der Waals surface area contributed by atoms with Gasteiger partial charge in [-0.25, -0.2) is 0 Å². The third-order valence-corrected chi connectivity index (χ3v) is 2.87. The first-order valence-corrected chi connectivity index (χ1v) is 6.06. The second kappa shape index (κ2) is 7.10. The third-order valence-electron chi connectivity index (χ3n) is 2.87. The molecule has 1 aliphatic rings. The molecule has 1 saturated heterocycles. The summed E-state index contributed by atoms with van der Waals surface area (Å²) in [6, 6.07) is 0. The van der Waals surface area contributed by atoms with E-state index in [1.54, 1.807) is 6.92 Å². The Morgan fingerprint density at radius 3 is 2.72 bits per heavy atom. The van der Waals surface area contributed by atoms with Gasteiger partial charge in [-0.1, -0.05) is 0 Å². The van der Waals surface area contributed by atoms with E-state index >= 15 is 0 Å². The summed E-state index contributed by atoms with van der Waals surface area (Å²) in [6.45, 7) is 2.71. The second-order valence-electron chi connectivity index (χ2n) is 4.12. The summed E-state index contributed by atoms with van der Waals surface area (Å²) >= 11 is 0. The van der Waals surface area contributed by atoms with Gasteiger partial charge >= 0.3 is 5.97 Å². The molecule has 6 heteroatoms. The Kier molecular flexibility index (Phi) is 5.77. The fourth-order valence-corrected chi connectivity index (χ4v) is 1.88.